The number of halogens is 1. The van der Waals surface area contributed by atoms with E-state index in [1.54, 1.807) is 35.2 Å². The maximum Gasteiger partial charge on any atom is 0.282 e. The fraction of sp³-hybridized carbons (Fsp3) is 0.345. The van der Waals surface area contributed by atoms with E-state index in [4.69, 9.17) is 16.3 Å². The van der Waals surface area contributed by atoms with Gasteiger partial charge in [0.2, 0.25) is 0 Å². The monoisotopic (exact) mass is 594 g/mol. The van der Waals surface area contributed by atoms with Crippen molar-refractivity contribution in [1.82, 2.24) is 4.90 Å². The van der Waals surface area contributed by atoms with Gasteiger partial charge in [-0.05, 0) is 35.6 Å². The lowest BCUT2D eigenvalue weighted by molar-refractivity contribution is -0.387. The maximum atomic E-state index is 13.7. The van der Waals surface area contributed by atoms with Gasteiger partial charge < -0.3 is 15.0 Å². The molecule has 2 heterocycles. The van der Waals surface area contributed by atoms with Crippen LogP contribution in [0.25, 0.3) is 0 Å². The Labute approximate surface area is 245 Å². The molecule has 5 unspecified atom stereocenters. The number of para-hydroxylation sites is 2. The van der Waals surface area contributed by atoms with Gasteiger partial charge in [0.25, 0.3) is 17.3 Å². The van der Waals surface area contributed by atoms with Crippen molar-refractivity contribution in [3.8, 4) is 0 Å². The molecule has 1 aliphatic carbocycles. The second-order valence-electron chi connectivity index (χ2n) is 10.4. The van der Waals surface area contributed by atoms with Crippen LogP contribution in [0.5, 0.6) is 0 Å². The third-order valence-electron chi connectivity index (χ3n) is 8.18. The van der Waals surface area contributed by atoms with E-state index in [1.807, 2.05) is 18.2 Å². The van der Waals surface area contributed by atoms with E-state index in [0.717, 1.165) is 16.8 Å². The highest BCUT2D eigenvalue weighted by Crippen LogP contribution is 2.58. The maximum absolute atomic E-state index is 13.7. The van der Waals surface area contributed by atoms with E-state index in [2.05, 4.69) is 5.32 Å². The largest absolute Gasteiger partial charge is 0.378 e. The number of rotatable bonds is 6. The second kappa shape index (κ2) is 11.3. The van der Waals surface area contributed by atoms with Crippen LogP contribution >= 0.6 is 23.4 Å². The van der Waals surface area contributed by atoms with Crippen molar-refractivity contribution < 1.29 is 19.4 Å². The lowest BCUT2D eigenvalue weighted by atomic mass is 9.76. The summed E-state index contributed by atoms with van der Waals surface area (Å²) < 4.78 is 5.43. The molecule has 1 amide bonds. The minimum absolute atomic E-state index is 0.00356. The highest BCUT2D eigenvalue weighted by atomic mass is 35.5. The van der Waals surface area contributed by atoms with Crippen molar-refractivity contribution in [2.24, 2.45) is 5.92 Å². The molecule has 3 aromatic carbocycles. The predicted octanol–water partition coefficient (Wildman–Crippen LogP) is 6.01. The van der Waals surface area contributed by atoms with Crippen LogP contribution < -0.4 is 5.32 Å². The number of hydrogen-bond donors (Lipinski definition) is 1. The van der Waals surface area contributed by atoms with E-state index < -0.39 is 4.92 Å². The molecule has 0 radical (unpaired) electrons. The summed E-state index contributed by atoms with van der Waals surface area (Å²) >= 11 is 8.65. The molecule has 41 heavy (non-hydrogen) atoms. The lowest BCUT2D eigenvalue weighted by Gasteiger charge is -2.39. The molecule has 1 saturated heterocycles. The zero-order chi connectivity index (χ0) is 28.7. The normalized spacial score (nSPS) is 25.1. The molecule has 10 nitrogen and oxygen atoms in total. The van der Waals surface area contributed by atoms with Gasteiger partial charge in [0.1, 0.15) is 0 Å². The predicted molar refractivity (Wildman–Crippen MR) is 156 cm³/mol. The number of benzene rings is 3. The van der Waals surface area contributed by atoms with Crippen LogP contribution in [0.1, 0.15) is 39.9 Å². The van der Waals surface area contributed by atoms with Crippen LogP contribution in [0.4, 0.5) is 17.1 Å². The van der Waals surface area contributed by atoms with Gasteiger partial charge >= 0.3 is 0 Å². The summed E-state index contributed by atoms with van der Waals surface area (Å²) in [5, 5.41) is 26.1. The summed E-state index contributed by atoms with van der Waals surface area (Å²) in [5.41, 5.74) is 3.10. The molecule has 0 spiro atoms. The SMILES string of the molecule is O=C(c1cccc2c1NC(c1ccc([N+](=O)[O-])cc1)C1CC(Sc3ccccc3[N+](=O)[O-])C(Cl)C21)N1CCOCC1. The highest BCUT2D eigenvalue weighted by Gasteiger charge is 2.51. The molecule has 0 aromatic heterocycles. The van der Waals surface area contributed by atoms with Crippen molar-refractivity contribution in [3.05, 3.63) is 104 Å². The first-order valence-electron chi connectivity index (χ1n) is 13.4. The van der Waals surface area contributed by atoms with Crippen molar-refractivity contribution in [3.63, 3.8) is 0 Å². The minimum Gasteiger partial charge on any atom is -0.378 e. The number of nitrogens with one attached hydrogen (secondary N) is 1. The molecule has 2 fully saturated rings. The number of nitro benzene ring substituents is 2. The van der Waals surface area contributed by atoms with Gasteiger partial charge in [-0.2, -0.15) is 0 Å². The van der Waals surface area contributed by atoms with Gasteiger partial charge in [-0.1, -0.05) is 36.4 Å². The van der Waals surface area contributed by atoms with Crippen molar-refractivity contribution in [1.29, 1.82) is 0 Å². The number of ether oxygens (including phenoxy) is 1. The number of hydrogen-bond acceptors (Lipinski definition) is 8. The summed E-state index contributed by atoms with van der Waals surface area (Å²) in [6, 6.07) is 18.5. The third kappa shape index (κ3) is 5.13. The number of nitro groups is 2. The number of carbonyl (C=O) groups excluding carboxylic acids is 1. The first kappa shape index (κ1) is 27.5. The van der Waals surface area contributed by atoms with Gasteiger partial charge in [0.05, 0.1) is 50.6 Å². The summed E-state index contributed by atoms with van der Waals surface area (Å²) in [7, 11) is 0. The Bertz CT molecular complexity index is 1500. The molecule has 2 aliphatic heterocycles. The Balaban J connectivity index is 1.40. The Morgan fingerprint density at radius 1 is 0.976 bits per heavy atom. The molecular formula is C29H27ClN4O6S. The molecule has 0 bridgehead atoms. The molecule has 1 N–H and O–H groups in total. The average Bonchev–Trinajstić information content (AvgIpc) is 3.32. The number of morpholine rings is 1. The number of nitrogens with zero attached hydrogens (tertiary/aromatic N) is 3. The molecule has 1 saturated carbocycles. The van der Waals surface area contributed by atoms with Crippen LogP contribution in [0.3, 0.4) is 0 Å². The van der Waals surface area contributed by atoms with Crippen molar-refractivity contribution in [2.45, 2.75) is 33.9 Å². The van der Waals surface area contributed by atoms with E-state index in [0.29, 0.717) is 43.2 Å². The standard InChI is InChI=1S/C29H27ClN4O6S/c30-26-24(41-23-7-2-1-6-22(23)34(38)39)16-21-25(26)19-4-3-5-20(29(35)32-12-14-40-15-13-32)28(19)31-27(21)17-8-10-18(11-9-17)33(36)37/h1-11,21,24-27,31H,12-16H2. The van der Waals surface area contributed by atoms with Crippen LogP contribution in [0, 0.1) is 26.1 Å². The number of thioether (sulfide) groups is 1. The van der Waals surface area contributed by atoms with Crippen molar-refractivity contribution in [2.75, 3.05) is 31.6 Å². The summed E-state index contributed by atoms with van der Waals surface area (Å²) in [4.78, 5) is 38.2. The number of anilines is 1. The molecule has 5 atom stereocenters. The first-order valence-corrected chi connectivity index (χ1v) is 14.7. The summed E-state index contributed by atoms with van der Waals surface area (Å²) in [6.45, 7) is 1.98. The smallest absolute Gasteiger partial charge is 0.282 e. The molecule has 3 aromatic rings. The zero-order valence-corrected chi connectivity index (χ0v) is 23.4. The van der Waals surface area contributed by atoms with Crippen LogP contribution in [-0.4, -0.2) is 57.6 Å². The van der Waals surface area contributed by atoms with E-state index in [1.165, 1.54) is 30.0 Å². The van der Waals surface area contributed by atoms with Gasteiger partial charge in [-0.3, -0.25) is 25.0 Å². The second-order valence-corrected chi connectivity index (χ2v) is 12.2. The van der Waals surface area contributed by atoms with Gasteiger partial charge in [0, 0.05) is 42.5 Å². The van der Waals surface area contributed by atoms with Gasteiger partial charge in [-0.15, -0.1) is 23.4 Å². The number of alkyl halides is 1. The van der Waals surface area contributed by atoms with Gasteiger partial charge in [0.15, 0.2) is 0 Å². The van der Waals surface area contributed by atoms with E-state index in [9.17, 15) is 25.0 Å². The molecule has 12 heteroatoms. The van der Waals surface area contributed by atoms with Crippen LogP contribution in [-0.2, 0) is 4.74 Å². The number of non-ortho nitro benzene ring substituents is 1. The van der Waals surface area contributed by atoms with Crippen LogP contribution in [0.2, 0.25) is 0 Å². The molecular weight excluding hydrogens is 568 g/mol. The lowest BCUT2D eigenvalue weighted by Crippen LogP contribution is -2.41. The fourth-order valence-corrected chi connectivity index (χ4v) is 8.21. The number of fused-ring (bicyclic) bond motifs is 3. The fourth-order valence-electron chi connectivity index (χ4n) is 6.26. The Kier molecular flexibility index (Phi) is 7.58. The van der Waals surface area contributed by atoms with E-state index >= 15 is 0 Å². The van der Waals surface area contributed by atoms with Gasteiger partial charge in [-0.25, -0.2) is 0 Å². The third-order valence-corrected chi connectivity index (χ3v) is 10.3. The number of carbonyl (C=O) groups is 1. The molecule has 3 aliphatic rings. The Morgan fingerprint density at radius 2 is 1.71 bits per heavy atom. The highest BCUT2D eigenvalue weighted by molar-refractivity contribution is 8.00. The topological polar surface area (TPSA) is 128 Å². The zero-order valence-electron chi connectivity index (χ0n) is 21.9. The van der Waals surface area contributed by atoms with E-state index in [-0.39, 0.29) is 50.7 Å². The first-order chi connectivity index (χ1) is 19.8. The Morgan fingerprint density at radius 3 is 2.41 bits per heavy atom. The van der Waals surface area contributed by atoms with Crippen LogP contribution in [0.15, 0.2) is 71.6 Å². The summed E-state index contributed by atoms with van der Waals surface area (Å²) in [6.07, 6.45) is 0.658. The number of amides is 1. The molecule has 212 valence electrons. The average molecular weight is 595 g/mol. The Hall–Kier alpha value is -3.67. The summed E-state index contributed by atoms with van der Waals surface area (Å²) in [5.74, 6) is -0.250. The molecule has 6 rings (SSSR count). The van der Waals surface area contributed by atoms with Crippen molar-refractivity contribution >= 4 is 46.3 Å². The minimum atomic E-state index is -0.431. The quantitative estimate of drug-likeness (QED) is 0.209.